The van der Waals surface area contributed by atoms with Crippen LogP contribution in [0.4, 0.5) is 0 Å². The highest BCUT2D eigenvalue weighted by Crippen LogP contribution is 1.96. The molecular formula is C9H20N2O2. The highest BCUT2D eigenvalue weighted by Gasteiger charge is 2.11. The molecule has 3 N–H and O–H groups in total. The zero-order valence-corrected chi connectivity index (χ0v) is 8.68. The Morgan fingerprint density at radius 3 is 2.54 bits per heavy atom. The zero-order chi connectivity index (χ0) is 10.3. The second-order valence-electron chi connectivity index (χ2n) is 3.77. The standard InChI is InChI=1S/C9H20N2O2/c1-4-5-11-8(12)6-10-7-9(2,3)13/h10,13H,4-7H2,1-3H3,(H,11,12). The molecule has 0 radical (unpaired) electrons. The fourth-order valence-electron chi connectivity index (χ4n) is 0.809. The lowest BCUT2D eigenvalue weighted by atomic mass is 10.1. The molecule has 78 valence electrons. The number of carbonyl (C=O) groups is 1. The van der Waals surface area contributed by atoms with Crippen LogP contribution in [0.15, 0.2) is 0 Å². The van der Waals surface area contributed by atoms with Crippen LogP contribution < -0.4 is 10.6 Å². The smallest absolute Gasteiger partial charge is 0.233 e. The van der Waals surface area contributed by atoms with Gasteiger partial charge < -0.3 is 15.7 Å². The summed E-state index contributed by atoms with van der Waals surface area (Å²) in [6, 6.07) is 0. The number of hydrogen-bond donors (Lipinski definition) is 3. The Labute approximate surface area is 79.7 Å². The molecule has 1 amide bonds. The summed E-state index contributed by atoms with van der Waals surface area (Å²) in [6.07, 6.45) is 0.942. The van der Waals surface area contributed by atoms with Crippen molar-refractivity contribution >= 4 is 5.91 Å². The predicted molar refractivity (Wildman–Crippen MR) is 52.5 cm³/mol. The average molecular weight is 188 g/mol. The van der Waals surface area contributed by atoms with E-state index >= 15 is 0 Å². The Morgan fingerprint density at radius 1 is 1.46 bits per heavy atom. The Hall–Kier alpha value is -0.610. The zero-order valence-electron chi connectivity index (χ0n) is 8.68. The van der Waals surface area contributed by atoms with Crippen molar-refractivity contribution in [3.8, 4) is 0 Å². The number of nitrogens with one attached hydrogen (secondary N) is 2. The van der Waals surface area contributed by atoms with Gasteiger partial charge in [0, 0.05) is 13.1 Å². The van der Waals surface area contributed by atoms with Crippen molar-refractivity contribution in [3.05, 3.63) is 0 Å². The third-order valence-corrected chi connectivity index (χ3v) is 1.42. The minimum Gasteiger partial charge on any atom is -0.389 e. The molecule has 0 aromatic rings. The summed E-state index contributed by atoms with van der Waals surface area (Å²) in [5.41, 5.74) is -0.759. The third-order valence-electron chi connectivity index (χ3n) is 1.42. The predicted octanol–water partition coefficient (Wildman–Crippen LogP) is -0.127. The molecule has 0 atom stereocenters. The van der Waals surface area contributed by atoms with Gasteiger partial charge in [-0.05, 0) is 20.3 Å². The lowest BCUT2D eigenvalue weighted by molar-refractivity contribution is -0.120. The molecule has 0 aliphatic rings. The minimum absolute atomic E-state index is 0.0221. The molecule has 0 saturated heterocycles. The SMILES string of the molecule is CCCNC(=O)CNCC(C)(C)O. The summed E-state index contributed by atoms with van der Waals surface area (Å²) in [4.78, 5) is 11.0. The first kappa shape index (κ1) is 12.4. The van der Waals surface area contributed by atoms with Crippen LogP contribution in [0.25, 0.3) is 0 Å². The molecule has 0 unspecified atom stereocenters. The highest BCUT2D eigenvalue weighted by molar-refractivity contribution is 5.77. The topological polar surface area (TPSA) is 61.4 Å². The first-order valence-corrected chi connectivity index (χ1v) is 4.65. The second kappa shape index (κ2) is 5.94. The van der Waals surface area contributed by atoms with Crippen LogP contribution in [0.2, 0.25) is 0 Å². The van der Waals surface area contributed by atoms with Crippen LogP contribution in [-0.4, -0.2) is 36.2 Å². The Kier molecular flexibility index (Phi) is 5.66. The van der Waals surface area contributed by atoms with E-state index in [-0.39, 0.29) is 12.5 Å². The van der Waals surface area contributed by atoms with Gasteiger partial charge in [-0.15, -0.1) is 0 Å². The molecule has 0 aliphatic carbocycles. The molecule has 13 heavy (non-hydrogen) atoms. The van der Waals surface area contributed by atoms with Gasteiger partial charge in [-0.3, -0.25) is 4.79 Å². The van der Waals surface area contributed by atoms with Gasteiger partial charge in [-0.1, -0.05) is 6.92 Å². The number of rotatable bonds is 6. The minimum atomic E-state index is -0.759. The molecule has 0 aliphatic heterocycles. The number of aliphatic hydroxyl groups is 1. The van der Waals surface area contributed by atoms with Crippen molar-refractivity contribution < 1.29 is 9.90 Å². The van der Waals surface area contributed by atoms with E-state index in [9.17, 15) is 9.90 Å². The van der Waals surface area contributed by atoms with Gasteiger partial charge in [0.25, 0.3) is 0 Å². The van der Waals surface area contributed by atoms with Crippen molar-refractivity contribution in [3.63, 3.8) is 0 Å². The molecule has 0 fully saturated rings. The average Bonchev–Trinajstić information content (AvgIpc) is 1.98. The molecule has 0 aromatic carbocycles. The normalized spacial score (nSPS) is 11.4. The third kappa shape index (κ3) is 9.30. The summed E-state index contributed by atoms with van der Waals surface area (Å²) >= 11 is 0. The van der Waals surface area contributed by atoms with Crippen LogP contribution in [0.3, 0.4) is 0 Å². The van der Waals surface area contributed by atoms with Crippen molar-refractivity contribution in [1.82, 2.24) is 10.6 Å². The van der Waals surface area contributed by atoms with Gasteiger partial charge in [0.1, 0.15) is 0 Å². The van der Waals surface area contributed by atoms with Crippen LogP contribution >= 0.6 is 0 Å². The first-order valence-electron chi connectivity index (χ1n) is 4.65. The maximum absolute atomic E-state index is 11.0. The molecule has 0 aromatic heterocycles. The summed E-state index contributed by atoms with van der Waals surface area (Å²) < 4.78 is 0. The van der Waals surface area contributed by atoms with E-state index in [1.54, 1.807) is 13.8 Å². The van der Waals surface area contributed by atoms with Gasteiger partial charge in [-0.2, -0.15) is 0 Å². The molecule has 0 saturated carbocycles. The summed E-state index contributed by atoms with van der Waals surface area (Å²) in [7, 11) is 0. The van der Waals surface area contributed by atoms with Crippen LogP contribution in [0, 0.1) is 0 Å². The molecule has 4 heteroatoms. The largest absolute Gasteiger partial charge is 0.389 e. The van der Waals surface area contributed by atoms with Crippen molar-refractivity contribution in [2.24, 2.45) is 0 Å². The summed E-state index contributed by atoms with van der Waals surface area (Å²) in [5, 5.41) is 14.9. The molecule has 0 heterocycles. The molecule has 0 rings (SSSR count). The Morgan fingerprint density at radius 2 is 2.08 bits per heavy atom. The van der Waals surface area contributed by atoms with Crippen LogP contribution in [-0.2, 0) is 4.79 Å². The van der Waals surface area contributed by atoms with E-state index in [1.165, 1.54) is 0 Å². The van der Waals surface area contributed by atoms with Crippen molar-refractivity contribution in [2.75, 3.05) is 19.6 Å². The van der Waals surface area contributed by atoms with Crippen molar-refractivity contribution in [2.45, 2.75) is 32.8 Å². The van der Waals surface area contributed by atoms with E-state index in [4.69, 9.17) is 0 Å². The fourth-order valence-corrected chi connectivity index (χ4v) is 0.809. The van der Waals surface area contributed by atoms with E-state index < -0.39 is 5.60 Å². The molecular weight excluding hydrogens is 168 g/mol. The number of hydrogen-bond acceptors (Lipinski definition) is 3. The van der Waals surface area contributed by atoms with Gasteiger partial charge >= 0.3 is 0 Å². The molecule has 0 bridgehead atoms. The number of amides is 1. The van der Waals surface area contributed by atoms with Gasteiger partial charge in [0.15, 0.2) is 0 Å². The second-order valence-corrected chi connectivity index (χ2v) is 3.77. The monoisotopic (exact) mass is 188 g/mol. The first-order chi connectivity index (χ1) is 5.95. The molecule has 0 spiro atoms. The van der Waals surface area contributed by atoms with E-state index in [1.807, 2.05) is 6.92 Å². The van der Waals surface area contributed by atoms with Gasteiger partial charge in [0.2, 0.25) is 5.91 Å². The van der Waals surface area contributed by atoms with E-state index in [0.29, 0.717) is 13.1 Å². The summed E-state index contributed by atoms with van der Waals surface area (Å²) in [5.74, 6) is -0.0221. The molecule has 4 nitrogen and oxygen atoms in total. The van der Waals surface area contributed by atoms with Gasteiger partial charge in [-0.25, -0.2) is 0 Å². The lowest BCUT2D eigenvalue weighted by Crippen LogP contribution is -2.40. The summed E-state index contributed by atoms with van der Waals surface area (Å²) in [6.45, 7) is 6.80. The van der Waals surface area contributed by atoms with E-state index in [0.717, 1.165) is 6.42 Å². The van der Waals surface area contributed by atoms with Gasteiger partial charge in [0.05, 0.1) is 12.1 Å². The maximum atomic E-state index is 11.0. The fraction of sp³-hybridized carbons (Fsp3) is 0.889. The quantitative estimate of drug-likeness (QED) is 0.544. The highest BCUT2D eigenvalue weighted by atomic mass is 16.3. The maximum Gasteiger partial charge on any atom is 0.233 e. The van der Waals surface area contributed by atoms with Crippen LogP contribution in [0.5, 0.6) is 0 Å². The lowest BCUT2D eigenvalue weighted by Gasteiger charge is -2.17. The Bertz CT molecular complexity index is 152. The van der Waals surface area contributed by atoms with E-state index in [2.05, 4.69) is 10.6 Å². The number of carbonyl (C=O) groups excluding carboxylic acids is 1. The van der Waals surface area contributed by atoms with Crippen LogP contribution in [0.1, 0.15) is 27.2 Å². The Balaban J connectivity index is 3.37. The van der Waals surface area contributed by atoms with Crippen molar-refractivity contribution in [1.29, 1.82) is 0 Å².